The van der Waals surface area contributed by atoms with Crippen LogP contribution in [0.15, 0.2) is 0 Å². The molecule has 0 saturated carbocycles. The van der Waals surface area contributed by atoms with Gasteiger partial charge in [-0.05, 0) is 25.7 Å². The van der Waals surface area contributed by atoms with Crippen molar-refractivity contribution in [3.63, 3.8) is 0 Å². The number of hydrogen-bond acceptors (Lipinski definition) is 8. The van der Waals surface area contributed by atoms with E-state index >= 15 is 0 Å². The second-order valence-corrected chi connectivity index (χ2v) is 8.04. The van der Waals surface area contributed by atoms with Crippen molar-refractivity contribution in [1.29, 1.82) is 0 Å². The molecule has 0 aliphatic heterocycles. The Bertz CT molecular complexity index is 759. The summed E-state index contributed by atoms with van der Waals surface area (Å²) in [6.07, 6.45) is -2.11. The maximum absolute atomic E-state index is 12.8. The van der Waals surface area contributed by atoms with E-state index in [0.717, 1.165) is 0 Å². The molecule has 14 heteroatoms. The molecule has 6 atom stereocenters. The van der Waals surface area contributed by atoms with Gasteiger partial charge < -0.3 is 42.7 Å². The zero-order valence-corrected chi connectivity index (χ0v) is 19.4. The second kappa shape index (κ2) is 14.8. The molecule has 4 amide bonds. The molecule has 14 nitrogen and oxygen atoms in total. The first-order chi connectivity index (χ1) is 15.7. The Kier molecular flexibility index (Phi) is 13.4. The number of amides is 4. The van der Waals surface area contributed by atoms with Crippen LogP contribution in [0.3, 0.4) is 0 Å². The van der Waals surface area contributed by atoms with Crippen LogP contribution >= 0.6 is 0 Å². The molecule has 0 aromatic carbocycles. The van der Waals surface area contributed by atoms with Gasteiger partial charge >= 0.3 is 11.9 Å². The van der Waals surface area contributed by atoms with Crippen molar-refractivity contribution in [2.24, 2.45) is 17.4 Å². The molecular formula is C20H35N5O9. The van der Waals surface area contributed by atoms with Gasteiger partial charge in [-0.1, -0.05) is 20.3 Å². The van der Waals surface area contributed by atoms with Crippen molar-refractivity contribution >= 4 is 35.6 Å². The van der Waals surface area contributed by atoms with Crippen molar-refractivity contribution in [3.8, 4) is 0 Å². The fourth-order valence-electron chi connectivity index (χ4n) is 2.83. The first kappa shape index (κ1) is 30.7. The number of rotatable bonds is 16. The zero-order chi connectivity index (χ0) is 26.6. The summed E-state index contributed by atoms with van der Waals surface area (Å²) in [4.78, 5) is 70.8. The first-order valence-electron chi connectivity index (χ1n) is 10.8. The molecule has 6 unspecified atom stereocenters. The van der Waals surface area contributed by atoms with E-state index in [1.54, 1.807) is 13.8 Å². The summed E-state index contributed by atoms with van der Waals surface area (Å²) in [6, 6.07) is -5.43. The molecule has 0 fully saturated rings. The molecule has 0 saturated heterocycles. The number of primary amides is 1. The molecule has 194 valence electrons. The van der Waals surface area contributed by atoms with Crippen LogP contribution in [-0.4, -0.2) is 81.2 Å². The van der Waals surface area contributed by atoms with Crippen molar-refractivity contribution < 1.29 is 44.1 Å². The van der Waals surface area contributed by atoms with E-state index in [1.807, 2.05) is 0 Å². The molecule has 0 rings (SSSR count). The van der Waals surface area contributed by atoms with E-state index in [4.69, 9.17) is 16.6 Å². The van der Waals surface area contributed by atoms with Crippen LogP contribution in [0.25, 0.3) is 0 Å². The molecule has 0 radical (unpaired) electrons. The molecule has 0 aliphatic rings. The molecule has 0 spiro atoms. The number of carboxylic acid groups (broad SMARTS) is 2. The Balaban J connectivity index is 5.46. The fourth-order valence-corrected chi connectivity index (χ4v) is 2.83. The molecule has 10 N–H and O–H groups in total. The molecule has 0 aromatic heterocycles. The predicted octanol–water partition coefficient (Wildman–Crippen LogP) is -2.59. The predicted molar refractivity (Wildman–Crippen MR) is 118 cm³/mol. The SMILES string of the molecule is CCC(C)C(NC(=O)C(NC(=O)C(N)CCC(N)=O)C(C)O)C(=O)NC(CCC(=O)O)C(=O)O. The van der Waals surface area contributed by atoms with Gasteiger partial charge in [-0.15, -0.1) is 0 Å². The maximum Gasteiger partial charge on any atom is 0.326 e. The van der Waals surface area contributed by atoms with Crippen LogP contribution in [-0.2, 0) is 28.8 Å². The van der Waals surface area contributed by atoms with E-state index in [1.165, 1.54) is 6.92 Å². The minimum Gasteiger partial charge on any atom is -0.481 e. The Labute approximate surface area is 196 Å². The minimum atomic E-state index is -1.51. The third-order valence-electron chi connectivity index (χ3n) is 5.16. The number of carbonyl (C=O) groups is 6. The second-order valence-electron chi connectivity index (χ2n) is 8.04. The van der Waals surface area contributed by atoms with E-state index in [-0.39, 0.29) is 19.3 Å². The topological polar surface area (TPSA) is 251 Å². The van der Waals surface area contributed by atoms with Crippen LogP contribution in [0, 0.1) is 5.92 Å². The van der Waals surface area contributed by atoms with Crippen LogP contribution in [0.4, 0.5) is 0 Å². The molecule has 34 heavy (non-hydrogen) atoms. The van der Waals surface area contributed by atoms with Gasteiger partial charge in [0.1, 0.15) is 18.1 Å². The summed E-state index contributed by atoms with van der Waals surface area (Å²) in [5.41, 5.74) is 10.7. The summed E-state index contributed by atoms with van der Waals surface area (Å²) >= 11 is 0. The fraction of sp³-hybridized carbons (Fsp3) is 0.700. The normalized spacial score (nSPS) is 16.1. The summed E-state index contributed by atoms with van der Waals surface area (Å²) in [5.74, 6) is -6.46. The highest BCUT2D eigenvalue weighted by Gasteiger charge is 2.34. The quantitative estimate of drug-likeness (QED) is 0.112. The lowest BCUT2D eigenvalue weighted by molar-refractivity contribution is -0.144. The van der Waals surface area contributed by atoms with Crippen molar-refractivity contribution in [2.45, 2.75) is 83.1 Å². The number of aliphatic hydroxyl groups excluding tert-OH is 1. The molecule has 0 heterocycles. The number of carbonyl (C=O) groups excluding carboxylic acids is 4. The van der Waals surface area contributed by atoms with Crippen LogP contribution < -0.4 is 27.4 Å². The van der Waals surface area contributed by atoms with Crippen LogP contribution in [0.2, 0.25) is 0 Å². The highest BCUT2D eigenvalue weighted by atomic mass is 16.4. The van der Waals surface area contributed by atoms with Crippen molar-refractivity contribution in [2.75, 3.05) is 0 Å². The van der Waals surface area contributed by atoms with Crippen LogP contribution in [0.1, 0.15) is 52.9 Å². The van der Waals surface area contributed by atoms with Crippen LogP contribution in [0.5, 0.6) is 0 Å². The monoisotopic (exact) mass is 489 g/mol. The Morgan fingerprint density at radius 2 is 1.35 bits per heavy atom. The summed E-state index contributed by atoms with van der Waals surface area (Å²) in [6.45, 7) is 4.57. The molecule has 0 aliphatic carbocycles. The standard InChI is InChI=1S/C20H35N5O9/c1-4-9(2)15(18(31)23-12(20(33)34)6-8-14(28)29)24-19(32)16(10(3)26)25-17(30)11(21)5-7-13(22)27/h9-12,15-16,26H,4-8,21H2,1-3H3,(H2,22,27)(H,23,31)(H,24,32)(H,25,30)(H,28,29)(H,33,34). The van der Waals surface area contributed by atoms with E-state index in [2.05, 4.69) is 16.0 Å². The number of hydrogen-bond donors (Lipinski definition) is 8. The highest BCUT2D eigenvalue weighted by Crippen LogP contribution is 2.11. The first-order valence-corrected chi connectivity index (χ1v) is 10.8. The Hall–Kier alpha value is -3.26. The van der Waals surface area contributed by atoms with Gasteiger partial charge in [0.25, 0.3) is 0 Å². The largest absolute Gasteiger partial charge is 0.481 e. The minimum absolute atomic E-state index is 0.0832. The Morgan fingerprint density at radius 3 is 1.79 bits per heavy atom. The van der Waals surface area contributed by atoms with E-state index < -0.39 is 78.2 Å². The number of aliphatic hydroxyl groups is 1. The average molecular weight is 490 g/mol. The zero-order valence-electron chi connectivity index (χ0n) is 19.4. The number of nitrogens with one attached hydrogen (secondary N) is 3. The third-order valence-corrected chi connectivity index (χ3v) is 5.16. The lowest BCUT2D eigenvalue weighted by Gasteiger charge is -2.29. The molecular weight excluding hydrogens is 454 g/mol. The molecule has 0 aromatic rings. The van der Waals surface area contributed by atoms with Gasteiger partial charge in [0, 0.05) is 12.8 Å². The maximum atomic E-state index is 12.8. The molecule has 0 bridgehead atoms. The number of nitrogens with two attached hydrogens (primary N) is 2. The highest BCUT2D eigenvalue weighted by molar-refractivity contribution is 5.94. The number of aliphatic carboxylic acids is 2. The van der Waals surface area contributed by atoms with Crippen molar-refractivity contribution in [1.82, 2.24) is 16.0 Å². The van der Waals surface area contributed by atoms with E-state index in [0.29, 0.717) is 6.42 Å². The van der Waals surface area contributed by atoms with Gasteiger partial charge in [-0.3, -0.25) is 24.0 Å². The van der Waals surface area contributed by atoms with Gasteiger partial charge in [-0.25, -0.2) is 4.79 Å². The average Bonchev–Trinajstić information content (AvgIpc) is 2.74. The van der Waals surface area contributed by atoms with Crippen molar-refractivity contribution in [3.05, 3.63) is 0 Å². The lowest BCUT2D eigenvalue weighted by atomic mass is 9.96. The Morgan fingerprint density at radius 1 is 0.824 bits per heavy atom. The van der Waals surface area contributed by atoms with Gasteiger partial charge in [0.2, 0.25) is 23.6 Å². The third kappa shape index (κ3) is 11.0. The lowest BCUT2D eigenvalue weighted by Crippen LogP contribution is -2.61. The van der Waals surface area contributed by atoms with Gasteiger partial charge in [0.15, 0.2) is 0 Å². The summed E-state index contributed by atoms with van der Waals surface area (Å²) < 4.78 is 0. The summed E-state index contributed by atoms with van der Waals surface area (Å²) in [5, 5.41) is 34.9. The smallest absolute Gasteiger partial charge is 0.326 e. The number of carboxylic acids is 2. The van der Waals surface area contributed by atoms with Gasteiger partial charge in [-0.2, -0.15) is 0 Å². The van der Waals surface area contributed by atoms with E-state index in [9.17, 15) is 39.0 Å². The summed E-state index contributed by atoms with van der Waals surface area (Å²) in [7, 11) is 0. The van der Waals surface area contributed by atoms with Gasteiger partial charge in [0.05, 0.1) is 12.1 Å².